The molecule has 0 aliphatic heterocycles. The Bertz CT molecular complexity index is 910. The van der Waals surface area contributed by atoms with Crippen LogP contribution < -0.4 is 10.5 Å². The first-order chi connectivity index (χ1) is 11.7. The fraction of sp³-hybridized carbons (Fsp3) is 0.200. The van der Waals surface area contributed by atoms with Crippen molar-refractivity contribution in [3.8, 4) is 0 Å². The van der Waals surface area contributed by atoms with Gasteiger partial charge in [0.15, 0.2) is 0 Å². The van der Waals surface area contributed by atoms with Gasteiger partial charge in [-0.1, -0.05) is 6.08 Å². The van der Waals surface area contributed by atoms with Gasteiger partial charge in [-0.3, -0.25) is 4.98 Å². The van der Waals surface area contributed by atoms with Gasteiger partial charge >= 0.3 is 5.63 Å². The summed E-state index contributed by atoms with van der Waals surface area (Å²) in [5, 5.41) is 0.917. The Morgan fingerprint density at radius 3 is 2.50 bits per heavy atom. The zero-order valence-corrected chi connectivity index (χ0v) is 13.9. The standard InChI is InChI=1S/C20H20N2O2/c1-3-22(4-2)18-8-7-16-13-17(20(23)24-19(16)14-18)6-5-15-9-11-21-12-10-15/h5-14H,3-4H2,1-2H3/b6-5+. The fourth-order valence-corrected chi connectivity index (χ4v) is 2.68. The van der Waals surface area contributed by atoms with Crippen molar-refractivity contribution in [1.29, 1.82) is 0 Å². The predicted molar refractivity (Wildman–Crippen MR) is 99.2 cm³/mol. The highest BCUT2D eigenvalue weighted by molar-refractivity contribution is 5.83. The summed E-state index contributed by atoms with van der Waals surface area (Å²) in [4.78, 5) is 18.4. The lowest BCUT2D eigenvalue weighted by atomic mass is 10.1. The average molecular weight is 320 g/mol. The lowest BCUT2D eigenvalue weighted by Gasteiger charge is -2.20. The summed E-state index contributed by atoms with van der Waals surface area (Å²) in [6.45, 7) is 6.05. The minimum Gasteiger partial charge on any atom is -0.422 e. The smallest absolute Gasteiger partial charge is 0.343 e. The van der Waals surface area contributed by atoms with Gasteiger partial charge in [0.2, 0.25) is 0 Å². The van der Waals surface area contributed by atoms with Crippen LogP contribution in [0.1, 0.15) is 25.0 Å². The summed E-state index contributed by atoms with van der Waals surface area (Å²) in [6.07, 6.45) is 7.09. The Morgan fingerprint density at radius 1 is 1.04 bits per heavy atom. The maximum atomic E-state index is 12.2. The Hall–Kier alpha value is -2.88. The number of nitrogens with zero attached hydrogens (tertiary/aromatic N) is 2. The van der Waals surface area contributed by atoms with Crippen molar-refractivity contribution < 1.29 is 4.42 Å². The molecule has 0 aliphatic carbocycles. The number of hydrogen-bond acceptors (Lipinski definition) is 4. The normalized spacial score (nSPS) is 11.2. The summed E-state index contributed by atoms with van der Waals surface area (Å²) in [5.41, 5.74) is 2.88. The van der Waals surface area contributed by atoms with Gasteiger partial charge in [-0.2, -0.15) is 0 Å². The second kappa shape index (κ2) is 7.13. The number of benzene rings is 1. The van der Waals surface area contributed by atoms with Crippen molar-refractivity contribution in [1.82, 2.24) is 4.98 Å². The van der Waals surface area contributed by atoms with Crippen LogP contribution in [0.2, 0.25) is 0 Å². The summed E-state index contributed by atoms with van der Waals surface area (Å²) in [5.74, 6) is 0. The van der Waals surface area contributed by atoms with E-state index in [2.05, 4.69) is 29.8 Å². The average Bonchev–Trinajstić information content (AvgIpc) is 2.62. The van der Waals surface area contributed by atoms with Crippen LogP contribution in [0, 0.1) is 0 Å². The molecule has 3 aromatic rings. The van der Waals surface area contributed by atoms with Crippen molar-refractivity contribution in [2.45, 2.75) is 13.8 Å². The Balaban J connectivity index is 1.97. The maximum absolute atomic E-state index is 12.2. The van der Waals surface area contributed by atoms with E-state index < -0.39 is 0 Å². The minimum absolute atomic E-state index is 0.329. The van der Waals surface area contributed by atoms with E-state index in [0.29, 0.717) is 11.1 Å². The van der Waals surface area contributed by atoms with Gasteiger partial charge in [-0.15, -0.1) is 0 Å². The molecule has 24 heavy (non-hydrogen) atoms. The molecule has 2 heterocycles. The molecule has 122 valence electrons. The molecule has 4 nitrogen and oxygen atoms in total. The van der Waals surface area contributed by atoms with Crippen molar-refractivity contribution in [2.24, 2.45) is 0 Å². The van der Waals surface area contributed by atoms with Crippen LogP contribution in [0.15, 0.2) is 58.0 Å². The SMILES string of the molecule is CCN(CC)c1ccc2cc(/C=C/c3ccncc3)c(=O)oc2c1. The van der Waals surface area contributed by atoms with Crippen LogP contribution in [0.5, 0.6) is 0 Å². The van der Waals surface area contributed by atoms with Crippen molar-refractivity contribution in [3.63, 3.8) is 0 Å². The lowest BCUT2D eigenvalue weighted by Crippen LogP contribution is -2.21. The first kappa shape index (κ1) is 16.0. The Labute approximate surface area is 141 Å². The van der Waals surface area contributed by atoms with Crippen LogP contribution in [0.4, 0.5) is 5.69 Å². The highest BCUT2D eigenvalue weighted by Gasteiger charge is 2.07. The van der Waals surface area contributed by atoms with Gasteiger partial charge in [0, 0.05) is 42.6 Å². The lowest BCUT2D eigenvalue weighted by molar-refractivity contribution is 0.559. The van der Waals surface area contributed by atoms with Crippen molar-refractivity contribution >= 4 is 28.8 Å². The molecule has 0 bridgehead atoms. The molecule has 0 aliphatic rings. The number of pyridine rings is 1. The molecule has 0 atom stereocenters. The van der Waals surface area contributed by atoms with E-state index in [1.165, 1.54) is 0 Å². The van der Waals surface area contributed by atoms with E-state index >= 15 is 0 Å². The van der Waals surface area contributed by atoms with E-state index in [4.69, 9.17) is 4.42 Å². The second-order valence-electron chi connectivity index (χ2n) is 5.50. The van der Waals surface area contributed by atoms with E-state index in [9.17, 15) is 4.79 Å². The van der Waals surface area contributed by atoms with Gasteiger partial charge < -0.3 is 9.32 Å². The molecular weight excluding hydrogens is 300 g/mol. The first-order valence-electron chi connectivity index (χ1n) is 8.12. The third kappa shape index (κ3) is 3.38. The van der Waals surface area contributed by atoms with E-state index in [1.54, 1.807) is 18.5 Å². The molecule has 0 fully saturated rings. The van der Waals surface area contributed by atoms with Crippen LogP contribution in [-0.2, 0) is 0 Å². The number of anilines is 1. The number of fused-ring (bicyclic) bond motifs is 1. The van der Waals surface area contributed by atoms with E-state index in [0.717, 1.165) is 29.7 Å². The van der Waals surface area contributed by atoms with Gasteiger partial charge in [0.1, 0.15) is 5.58 Å². The van der Waals surface area contributed by atoms with Crippen molar-refractivity contribution in [3.05, 3.63) is 70.3 Å². The molecule has 0 amide bonds. The first-order valence-corrected chi connectivity index (χ1v) is 8.12. The molecular formula is C20H20N2O2. The third-order valence-corrected chi connectivity index (χ3v) is 4.04. The van der Waals surface area contributed by atoms with Crippen molar-refractivity contribution in [2.75, 3.05) is 18.0 Å². The fourth-order valence-electron chi connectivity index (χ4n) is 2.68. The molecule has 0 saturated carbocycles. The summed E-state index contributed by atoms with van der Waals surface area (Å²) >= 11 is 0. The van der Waals surface area contributed by atoms with E-state index in [-0.39, 0.29) is 5.63 Å². The Morgan fingerprint density at radius 2 is 1.79 bits per heavy atom. The molecule has 2 aromatic heterocycles. The van der Waals surface area contributed by atoms with Crippen LogP contribution in [0.25, 0.3) is 23.1 Å². The van der Waals surface area contributed by atoms with Crippen LogP contribution in [-0.4, -0.2) is 18.1 Å². The summed E-state index contributed by atoms with van der Waals surface area (Å²) < 4.78 is 5.52. The number of hydrogen-bond donors (Lipinski definition) is 0. The zero-order chi connectivity index (χ0) is 16.9. The largest absolute Gasteiger partial charge is 0.422 e. The van der Waals surface area contributed by atoms with Gasteiger partial charge in [-0.05, 0) is 55.8 Å². The molecule has 4 heteroatoms. The van der Waals surface area contributed by atoms with Gasteiger partial charge in [0.05, 0.1) is 5.56 Å². The summed E-state index contributed by atoms with van der Waals surface area (Å²) in [7, 11) is 0. The number of aromatic nitrogens is 1. The highest BCUT2D eigenvalue weighted by Crippen LogP contribution is 2.22. The van der Waals surface area contributed by atoms with Gasteiger partial charge in [-0.25, -0.2) is 4.79 Å². The second-order valence-corrected chi connectivity index (χ2v) is 5.50. The monoisotopic (exact) mass is 320 g/mol. The van der Waals surface area contributed by atoms with Crippen LogP contribution >= 0.6 is 0 Å². The van der Waals surface area contributed by atoms with Crippen LogP contribution in [0.3, 0.4) is 0 Å². The topological polar surface area (TPSA) is 46.3 Å². The Kier molecular flexibility index (Phi) is 4.75. The zero-order valence-electron chi connectivity index (χ0n) is 13.9. The minimum atomic E-state index is -0.329. The third-order valence-electron chi connectivity index (χ3n) is 4.04. The maximum Gasteiger partial charge on any atom is 0.343 e. The van der Waals surface area contributed by atoms with Gasteiger partial charge in [0.25, 0.3) is 0 Å². The highest BCUT2D eigenvalue weighted by atomic mass is 16.4. The molecule has 0 spiro atoms. The summed E-state index contributed by atoms with van der Waals surface area (Å²) in [6, 6.07) is 11.6. The molecule has 1 aromatic carbocycles. The molecule has 0 saturated heterocycles. The number of rotatable bonds is 5. The predicted octanol–water partition coefficient (Wildman–Crippen LogP) is 4.20. The molecule has 3 rings (SSSR count). The quantitative estimate of drug-likeness (QED) is 0.661. The molecule has 0 radical (unpaired) electrons. The van der Waals surface area contributed by atoms with E-state index in [1.807, 2.05) is 36.4 Å². The molecule has 0 N–H and O–H groups in total. The molecule has 0 unspecified atom stereocenters.